The Morgan fingerprint density at radius 2 is 1.89 bits per heavy atom. The summed E-state index contributed by atoms with van der Waals surface area (Å²) in [6, 6.07) is 10.4. The molecule has 0 atom stereocenters. The smallest absolute Gasteiger partial charge is 0.277 e. The van der Waals surface area contributed by atoms with E-state index in [0.717, 1.165) is 23.3 Å². The standard InChI is InChI=1S/C27H27ClF2N2O4/c1-16-10-23(36-15-19-4-6-20(29)12-22(19)30)25(28)26(34)32(16)21-7-5-18-14-31(9-8-17(18)11-21)24(33)13-27(2,3)35/h4-7,10-12,35H,8-9,13-15H2,1-3H3. The monoisotopic (exact) mass is 516 g/mol. The molecule has 4 rings (SSSR count). The highest BCUT2D eigenvalue weighted by Gasteiger charge is 2.26. The molecular weight excluding hydrogens is 490 g/mol. The number of hydrogen-bond donors (Lipinski definition) is 1. The zero-order chi connectivity index (χ0) is 26.2. The minimum Gasteiger partial charge on any atom is -0.487 e. The van der Waals surface area contributed by atoms with Crippen molar-refractivity contribution in [2.24, 2.45) is 0 Å². The third-order valence-corrected chi connectivity index (χ3v) is 6.44. The van der Waals surface area contributed by atoms with Gasteiger partial charge in [-0.25, -0.2) is 8.78 Å². The van der Waals surface area contributed by atoms with Gasteiger partial charge in [0.1, 0.15) is 29.0 Å². The first kappa shape index (κ1) is 25.9. The van der Waals surface area contributed by atoms with Crippen molar-refractivity contribution in [1.29, 1.82) is 0 Å². The molecule has 0 aliphatic carbocycles. The second kappa shape index (κ2) is 10.0. The number of aliphatic hydroxyl groups is 1. The maximum Gasteiger partial charge on any atom is 0.277 e. The van der Waals surface area contributed by atoms with E-state index in [-0.39, 0.29) is 35.3 Å². The fourth-order valence-electron chi connectivity index (χ4n) is 4.27. The summed E-state index contributed by atoms with van der Waals surface area (Å²) >= 11 is 6.32. The van der Waals surface area contributed by atoms with E-state index in [1.165, 1.54) is 10.6 Å². The van der Waals surface area contributed by atoms with Crippen molar-refractivity contribution < 1.29 is 23.4 Å². The van der Waals surface area contributed by atoms with Gasteiger partial charge in [0, 0.05) is 42.2 Å². The molecule has 9 heteroatoms. The van der Waals surface area contributed by atoms with Crippen molar-refractivity contribution in [2.75, 3.05) is 6.54 Å². The highest BCUT2D eigenvalue weighted by Crippen LogP contribution is 2.27. The molecule has 0 fully saturated rings. The highest BCUT2D eigenvalue weighted by atomic mass is 35.5. The van der Waals surface area contributed by atoms with E-state index in [1.54, 1.807) is 37.8 Å². The van der Waals surface area contributed by atoms with Gasteiger partial charge in [-0.15, -0.1) is 0 Å². The number of hydrogen-bond acceptors (Lipinski definition) is 4. The summed E-state index contributed by atoms with van der Waals surface area (Å²) < 4.78 is 34.1. The van der Waals surface area contributed by atoms with Crippen LogP contribution in [0.4, 0.5) is 8.78 Å². The number of carbonyl (C=O) groups excluding carboxylic acids is 1. The van der Waals surface area contributed by atoms with E-state index < -0.39 is 22.8 Å². The molecule has 36 heavy (non-hydrogen) atoms. The second-order valence-electron chi connectivity index (χ2n) is 9.64. The Labute approximate surface area is 212 Å². The maximum absolute atomic E-state index is 13.9. The van der Waals surface area contributed by atoms with Crippen molar-refractivity contribution >= 4 is 17.5 Å². The lowest BCUT2D eigenvalue weighted by atomic mass is 9.97. The van der Waals surface area contributed by atoms with Crippen molar-refractivity contribution in [1.82, 2.24) is 9.47 Å². The summed E-state index contributed by atoms with van der Waals surface area (Å²) in [6.07, 6.45) is 0.669. The van der Waals surface area contributed by atoms with E-state index in [1.807, 2.05) is 12.1 Å². The average molecular weight is 517 g/mol. The minimum absolute atomic E-state index is 0.0513. The van der Waals surface area contributed by atoms with Crippen molar-refractivity contribution in [3.05, 3.63) is 91.9 Å². The average Bonchev–Trinajstić information content (AvgIpc) is 2.80. The lowest BCUT2D eigenvalue weighted by molar-refractivity contribution is -0.136. The van der Waals surface area contributed by atoms with Gasteiger partial charge in [0.15, 0.2) is 0 Å². The van der Waals surface area contributed by atoms with Crippen LogP contribution in [0.25, 0.3) is 5.69 Å². The lowest BCUT2D eigenvalue weighted by Crippen LogP contribution is -2.39. The van der Waals surface area contributed by atoms with Crippen LogP contribution in [0.5, 0.6) is 5.75 Å². The quantitative estimate of drug-likeness (QED) is 0.515. The van der Waals surface area contributed by atoms with E-state index in [9.17, 15) is 23.5 Å². The van der Waals surface area contributed by atoms with Gasteiger partial charge < -0.3 is 14.7 Å². The predicted octanol–water partition coefficient (Wildman–Crippen LogP) is 4.70. The molecule has 0 saturated carbocycles. The molecule has 0 radical (unpaired) electrons. The maximum atomic E-state index is 13.9. The van der Waals surface area contributed by atoms with Gasteiger partial charge in [-0.1, -0.05) is 17.7 Å². The Kier molecular flexibility index (Phi) is 7.20. The molecular formula is C27H27ClF2N2O4. The molecule has 1 amide bonds. The highest BCUT2D eigenvalue weighted by molar-refractivity contribution is 6.31. The van der Waals surface area contributed by atoms with Crippen LogP contribution in [-0.2, 0) is 24.4 Å². The normalized spacial score (nSPS) is 13.5. The van der Waals surface area contributed by atoms with Gasteiger partial charge in [0.2, 0.25) is 5.91 Å². The van der Waals surface area contributed by atoms with Crippen LogP contribution >= 0.6 is 11.6 Å². The number of amides is 1. The SMILES string of the molecule is Cc1cc(OCc2ccc(F)cc2F)c(Cl)c(=O)n1-c1ccc2c(c1)CCN(C(=O)CC(C)(C)O)C2. The second-order valence-corrected chi connectivity index (χ2v) is 10.0. The number of pyridine rings is 1. The number of ether oxygens (including phenoxy) is 1. The third kappa shape index (κ3) is 5.60. The molecule has 1 aliphatic heterocycles. The van der Waals surface area contributed by atoms with Gasteiger partial charge in [-0.3, -0.25) is 14.2 Å². The summed E-state index contributed by atoms with van der Waals surface area (Å²) in [4.78, 5) is 27.4. The van der Waals surface area contributed by atoms with Gasteiger partial charge in [0.25, 0.3) is 5.56 Å². The topological polar surface area (TPSA) is 71.8 Å². The fraction of sp³-hybridized carbons (Fsp3) is 0.333. The number of nitrogens with zero attached hydrogens (tertiary/aromatic N) is 2. The van der Waals surface area contributed by atoms with E-state index >= 15 is 0 Å². The first-order valence-electron chi connectivity index (χ1n) is 11.5. The van der Waals surface area contributed by atoms with Crippen molar-refractivity contribution in [3.63, 3.8) is 0 Å². The number of halogens is 3. The Hall–Kier alpha value is -3.23. The van der Waals surface area contributed by atoms with Crippen molar-refractivity contribution in [2.45, 2.75) is 52.4 Å². The summed E-state index contributed by atoms with van der Waals surface area (Å²) in [5.41, 5.74) is 1.79. The van der Waals surface area contributed by atoms with Crippen LogP contribution in [0.3, 0.4) is 0 Å². The van der Waals surface area contributed by atoms with E-state index in [0.29, 0.717) is 30.9 Å². The molecule has 2 aromatic carbocycles. The number of aryl methyl sites for hydroxylation is 1. The molecule has 1 aromatic heterocycles. The summed E-state index contributed by atoms with van der Waals surface area (Å²) in [6.45, 7) is 5.70. The zero-order valence-corrected chi connectivity index (χ0v) is 21.0. The molecule has 0 bridgehead atoms. The van der Waals surface area contributed by atoms with Crippen molar-refractivity contribution in [3.8, 4) is 11.4 Å². The fourth-order valence-corrected chi connectivity index (χ4v) is 4.47. The van der Waals surface area contributed by atoms with E-state index in [4.69, 9.17) is 16.3 Å². The Morgan fingerprint density at radius 3 is 2.58 bits per heavy atom. The molecule has 3 aromatic rings. The molecule has 1 aliphatic rings. The van der Waals surface area contributed by atoms with Crippen LogP contribution in [0.2, 0.25) is 5.02 Å². The Morgan fingerprint density at radius 1 is 1.14 bits per heavy atom. The molecule has 0 saturated heterocycles. The third-order valence-electron chi connectivity index (χ3n) is 6.10. The molecule has 2 heterocycles. The van der Waals surface area contributed by atoms with Crippen LogP contribution < -0.4 is 10.3 Å². The van der Waals surface area contributed by atoms with Gasteiger partial charge in [-0.2, -0.15) is 0 Å². The largest absolute Gasteiger partial charge is 0.487 e. The lowest BCUT2D eigenvalue weighted by Gasteiger charge is -2.31. The van der Waals surface area contributed by atoms with Gasteiger partial charge >= 0.3 is 0 Å². The summed E-state index contributed by atoms with van der Waals surface area (Å²) in [7, 11) is 0. The number of rotatable bonds is 6. The Balaban J connectivity index is 1.55. The summed E-state index contributed by atoms with van der Waals surface area (Å²) in [5.74, 6) is -1.43. The molecule has 0 spiro atoms. The van der Waals surface area contributed by atoms with Gasteiger partial charge in [-0.05, 0) is 62.6 Å². The van der Waals surface area contributed by atoms with Crippen LogP contribution in [0, 0.1) is 18.6 Å². The molecule has 6 nitrogen and oxygen atoms in total. The molecule has 0 unspecified atom stereocenters. The summed E-state index contributed by atoms with van der Waals surface area (Å²) in [5, 5.41) is 9.81. The number of fused-ring (bicyclic) bond motifs is 1. The van der Waals surface area contributed by atoms with Gasteiger partial charge in [0.05, 0.1) is 12.0 Å². The Bertz CT molecular complexity index is 1380. The number of carbonyl (C=O) groups is 1. The zero-order valence-electron chi connectivity index (χ0n) is 20.3. The van der Waals surface area contributed by atoms with Crippen LogP contribution in [-0.4, -0.2) is 32.6 Å². The number of benzene rings is 2. The molecule has 1 N–H and O–H groups in total. The first-order chi connectivity index (χ1) is 16.9. The molecule has 190 valence electrons. The van der Waals surface area contributed by atoms with Crippen LogP contribution in [0.15, 0.2) is 47.3 Å². The predicted molar refractivity (Wildman–Crippen MR) is 133 cm³/mol. The first-order valence-corrected chi connectivity index (χ1v) is 11.9. The van der Waals surface area contributed by atoms with E-state index in [2.05, 4.69) is 0 Å². The number of aromatic nitrogens is 1. The van der Waals surface area contributed by atoms with Crippen LogP contribution in [0.1, 0.15) is 42.7 Å². The minimum atomic E-state index is -1.07.